The van der Waals surface area contributed by atoms with Crippen molar-refractivity contribution in [2.75, 3.05) is 0 Å². The van der Waals surface area contributed by atoms with Gasteiger partial charge in [-0.25, -0.2) is 18.7 Å². The summed E-state index contributed by atoms with van der Waals surface area (Å²) >= 11 is 0. The van der Waals surface area contributed by atoms with E-state index in [-0.39, 0.29) is 30.0 Å². The average Bonchev–Trinajstić information content (AvgIpc) is 3.11. The summed E-state index contributed by atoms with van der Waals surface area (Å²) in [6, 6.07) is 16.0. The SMILES string of the molecule is Cc1ccc2nc(CCC(=O)NC(C)c3ccc(F)cc3)n(Cc3ccc(F)cc3)c2n1. The van der Waals surface area contributed by atoms with Gasteiger partial charge < -0.3 is 9.88 Å². The van der Waals surface area contributed by atoms with Crippen molar-refractivity contribution >= 4 is 17.1 Å². The third kappa shape index (κ3) is 4.99. The van der Waals surface area contributed by atoms with Crippen LogP contribution in [0, 0.1) is 18.6 Å². The zero-order valence-corrected chi connectivity index (χ0v) is 18.0. The highest BCUT2D eigenvalue weighted by atomic mass is 19.1. The molecule has 5 nitrogen and oxygen atoms in total. The van der Waals surface area contributed by atoms with Crippen LogP contribution in [0.15, 0.2) is 60.7 Å². The van der Waals surface area contributed by atoms with Crippen LogP contribution in [0.5, 0.6) is 0 Å². The van der Waals surface area contributed by atoms with Gasteiger partial charge in [0.05, 0.1) is 12.6 Å². The fourth-order valence-electron chi connectivity index (χ4n) is 3.65. The minimum Gasteiger partial charge on any atom is -0.350 e. The fourth-order valence-corrected chi connectivity index (χ4v) is 3.65. The van der Waals surface area contributed by atoms with E-state index in [9.17, 15) is 13.6 Å². The van der Waals surface area contributed by atoms with Crippen molar-refractivity contribution in [1.82, 2.24) is 19.9 Å². The molecule has 1 N–H and O–H groups in total. The second-order valence-electron chi connectivity index (χ2n) is 7.88. The Morgan fingerprint density at radius 2 is 1.62 bits per heavy atom. The van der Waals surface area contributed by atoms with Crippen molar-refractivity contribution in [3.8, 4) is 0 Å². The predicted octanol–water partition coefficient (Wildman–Crippen LogP) is 4.88. The quantitative estimate of drug-likeness (QED) is 0.451. The predicted molar refractivity (Wildman–Crippen MR) is 119 cm³/mol. The van der Waals surface area contributed by atoms with Crippen molar-refractivity contribution in [3.05, 3.63) is 94.9 Å². The number of aryl methyl sites for hydroxylation is 2. The summed E-state index contributed by atoms with van der Waals surface area (Å²) in [5.41, 5.74) is 4.12. The molecular weight excluding hydrogens is 410 g/mol. The van der Waals surface area contributed by atoms with Gasteiger partial charge in [0, 0.05) is 18.5 Å². The van der Waals surface area contributed by atoms with E-state index in [0.29, 0.717) is 13.0 Å². The first-order valence-electron chi connectivity index (χ1n) is 10.5. The third-order valence-electron chi connectivity index (χ3n) is 5.39. The average molecular weight is 434 g/mol. The summed E-state index contributed by atoms with van der Waals surface area (Å²) < 4.78 is 28.4. The number of amides is 1. The van der Waals surface area contributed by atoms with Crippen LogP contribution in [0.2, 0.25) is 0 Å². The van der Waals surface area contributed by atoms with Gasteiger partial charge in [-0.3, -0.25) is 4.79 Å². The molecule has 0 aliphatic carbocycles. The van der Waals surface area contributed by atoms with Gasteiger partial charge in [0.1, 0.15) is 23.0 Å². The number of hydrogen-bond acceptors (Lipinski definition) is 3. The Kier molecular flexibility index (Phi) is 6.25. The van der Waals surface area contributed by atoms with Crippen LogP contribution in [-0.2, 0) is 17.8 Å². The Morgan fingerprint density at radius 3 is 2.31 bits per heavy atom. The summed E-state index contributed by atoms with van der Waals surface area (Å²) in [7, 11) is 0. The fraction of sp³-hybridized carbons (Fsp3) is 0.240. The van der Waals surface area contributed by atoms with E-state index in [1.54, 1.807) is 24.3 Å². The first-order valence-corrected chi connectivity index (χ1v) is 10.5. The number of imidazole rings is 1. The monoisotopic (exact) mass is 434 g/mol. The molecule has 0 bridgehead atoms. The Hall–Kier alpha value is -3.61. The number of hydrogen-bond donors (Lipinski definition) is 1. The molecule has 2 aromatic carbocycles. The first kappa shape index (κ1) is 21.6. The molecule has 2 aromatic heterocycles. The molecule has 0 aliphatic rings. The van der Waals surface area contributed by atoms with E-state index < -0.39 is 0 Å². The number of nitrogens with one attached hydrogen (secondary N) is 1. The van der Waals surface area contributed by atoms with Crippen LogP contribution in [0.4, 0.5) is 8.78 Å². The van der Waals surface area contributed by atoms with E-state index >= 15 is 0 Å². The van der Waals surface area contributed by atoms with Gasteiger partial charge in [-0.05, 0) is 61.4 Å². The molecule has 1 atom stereocenters. The van der Waals surface area contributed by atoms with E-state index in [1.165, 1.54) is 24.3 Å². The molecule has 0 saturated carbocycles. The van der Waals surface area contributed by atoms with Crippen molar-refractivity contribution in [1.29, 1.82) is 0 Å². The van der Waals surface area contributed by atoms with Crippen LogP contribution in [0.25, 0.3) is 11.2 Å². The molecule has 4 aromatic rings. The standard InChI is InChI=1S/C25H24F2N4O/c1-16-3-12-22-25(28-16)31(15-18-4-8-20(26)9-5-18)23(30-22)13-14-24(32)29-17(2)19-6-10-21(27)11-7-19/h3-12,17H,13-15H2,1-2H3,(H,29,32). The molecule has 0 spiro atoms. The van der Waals surface area contributed by atoms with E-state index in [2.05, 4.69) is 10.3 Å². The second kappa shape index (κ2) is 9.26. The summed E-state index contributed by atoms with van der Waals surface area (Å²) in [5, 5.41) is 2.95. The number of halogens is 2. The molecule has 2 heterocycles. The maximum absolute atomic E-state index is 13.3. The molecule has 4 rings (SSSR count). The summed E-state index contributed by atoms with van der Waals surface area (Å²) in [6.07, 6.45) is 0.676. The van der Waals surface area contributed by atoms with E-state index in [1.807, 2.05) is 30.5 Å². The van der Waals surface area contributed by atoms with Crippen LogP contribution in [0.1, 0.15) is 42.0 Å². The maximum Gasteiger partial charge on any atom is 0.220 e. The number of aromatic nitrogens is 3. The number of carbonyl (C=O) groups excluding carboxylic acids is 1. The zero-order valence-electron chi connectivity index (χ0n) is 18.0. The lowest BCUT2D eigenvalue weighted by atomic mass is 10.1. The topological polar surface area (TPSA) is 59.8 Å². The Bertz CT molecular complexity index is 1230. The first-order chi connectivity index (χ1) is 15.4. The number of pyridine rings is 1. The Labute approximate surface area is 185 Å². The summed E-state index contributed by atoms with van der Waals surface area (Å²) in [5.74, 6) is 0.0277. The third-order valence-corrected chi connectivity index (χ3v) is 5.39. The van der Waals surface area contributed by atoms with Gasteiger partial charge in [0.15, 0.2) is 5.65 Å². The van der Waals surface area contributed by atoms with Crippen molar-refractivity contribution < 1.29 is 13.6 Å². The Morgan fingerprint density at radius 1 is 0.969 bits per heavy atom. The second-order valence-corrected chi connectivity index (χ2v) is 7.88. The summed E-state index contributed by atoms with van der Waals surface area (Å²) in [6.45, 7) is 4.26. The highest BCUT2D eigenvalue weighted by Crippen LogP contribution is 2.19. The lowest BCUT2D eigenvalue weighted by molar-refractivity contribution is -0.121. The smallest absolute Gasteiger partial charge is 0.220 e. The molecule has 164 valence electrons. The molecule has 0 radical (unpaired) electrons. The van der Waals surface area contributed by atoms with Gasteiger partial charge >= 0.3 is 0 Å². The number of rotatable bonds is 7. The van der Waals surface area contributed by atoms with Gasteiger partial charge in [0.2, 0.25) is 5.91 Å². The minimum atomic E-state index is -0.309. The van der Waals surface area contributed by atoms with Gasteiger partial charge in [-0.1, -0.05) is 24.3 Å². The van der Waals surface area contributed by atoms with E-state index in [4.69, 9.17) is 4.98 Å². The molecule has 0 saturated heterocycles. The van der Waals surface area contributed by atoms with Crippen LogP contribution in [-0.4, -0.2) is 20.4 Å². The number of nitrogens with zero attached hydrogens (tertiary/aromatic N) is 3. The number of fused-ring (bicyclic) bond motifs is 1. The molecule has 1 unspecified atom stereocenters. The maximum atomic E-state index is 13.3. The molecule has 1 amide bonds. The van der Waals surface area contributed by atoms with Crippen LogP contribution >= 0.6 is 0 Å². The van der Waals surface area contributed by atoms with E-state index in [0.717, 1.165) is 33.8 Å². The van der Waals surface area contributed by atoms with Gasteiger partial charge in [0.25, 0.3) is 0 Å². The molecule has 0 aliphatic heterocycles. The van der Waals surface area contributed by atoms with Crippen LogP contribution in [0.3, 0.4) is 0 Å². The van der Waals surface area contributed by atoms with Crippen molar-refractivity contribution in [2.24, 2.45) is 0 Å². The molecular formula is C25H24F2N4O. The molecule has 32 heavy (non-hydrogen) atoms. The molecule has 0 fully saturated rings. The van der Waals surface area contributed by atoms with Crippen molar-refractivity contribution in [3.63, 3.8) is 0 Å². The Balaban J connectivity index is 1.51. The lowest BCUT2D eigenvalue weighted by Crippen LogP contribution is -2.27. The normalized spacial score (nSPS) is 12.1. The minimum absolute atomic E-state index is 0.119. The lowest BCUT2D eigenvalue weighted by Gasteiger charge is -2.14. The highest BCUT2D eigenvalue weighted by molar-refractivity contribution is 5.77. The zero-order chi connectivity index (χ0) is 22.7. The van der Waals surface area contributed by atoms with Gasteiger partial charge in [-0.2, -0.15) is 0 Å². The summed E-state index contributed by atoms with van der Waals surface area (Å²) in [4.78, 5) is 21.9. The largest absolute Gasteiger partial charge is 0.350 e. The number of benzene rings is 2. The van der Waals surface area contributed by atoms with Crippen LogP contribution < -0.4 is 5.32 Å². The highest BCUT2D eigenvalue weighted by Gasteiger charge is 2.16. The van der Waals surface area contributed by atoms with Crippen molar-refractivity contribution in [2.45, 2.75) is 39.3 Å². The number of carbonyl (C=O) groups is 1. The molecule has 7 heteroatoms. The van der Waals surface area contributed by atoms with Gasteiger partial charge in [-0.15, -0.1) is 0 Å².